The van der Waals surface area contributed by atoms with Crippen molar-refractivity contribution in [2.45, 2.75) is 59.1 Å². The fraction of sp³-hybridized carbons (Fsp3) is 0.360. The van der Waals surface area contributed by atoms with E-state index in [9.17, 15) is 5.11 Å². The van der Waals surface area contributed by atoms with Crippen molar-refractivity contribution in [1.82, 2.24) is 15.0 Å². The molecule has 32 heavy (non-hydrogen) atoms. The van der Waals surface area contributed by atoms with Gasteiger partial charge in [0, 0.05) is 52.2 Å². The van der Waals surface area contributed by atoms with Crippen molar-refractivity contribution in [3.05, 3.63) is 53.3 Å². The van der Waals surface area contributed by atoms with Gasteiger partial charge >= 0.3 is 0 Å². The maximum atomic E-state index is 10.7. The third-order valence-corrected chi connectivity index (χ3v) is 6.12. The molecule has 0 bridgehead atoms. The van der Waals surface area contributed by atoms with E-state index < -0.39 is 5.60 Å². The summed E-state index contributed by atoms with van der Waals surface area (Å²) in [4.78, 5) is 12.6. The summed E-state index contributed by atoms with van der Waals surface area (Å²) in [6, 6.07) is 10.5. The highest BCUT2D eigenvalue weighted by Crippen LogP contribution is 2.36. The molecule has 0 fully saturated rings. The molecule has 1 aromatic carbocycles. The molecule has 4 rings (SSSR count). The third-order valence-electron chi connectivity index (χ3n) is 5.33. The Labute approximate surface area is 193 Å². The maximum absolute atomic E-state index is 10.7. The van der Waals surface area contributed by atoms with Crippen LogP contribution in [0.4, 0.5) is 17.2 Å². The predicted molar refractivity (Wildman–Crippen MR) is 135 cm³/mol. The molecule has 0 spiro atoms. The Morgan fingerprint density at radius 3 is 2.50 bits per heavy atom. The average molecular weight is 450 g/mol. The van der Waals surface area contributed by atoms with Gasteiger partial charge in [0.05, 0.1) is 21.3 Å². The van der Waals surface area contributed by atoms with Gasteiger partial charge in [0.25, 0.3) is 0 Å². The number of hydrogen-bond donors (Lipinski definition) is 4. The number of nitrogens with zero attached hydrogens (tertiary/aromatic N) is 2. The lowest BCUT2D eigenvalue weighted by Crippen LogP contribution is -2.17. The van der Waals surface area contributed by atoms with Crippen LogP contribution in [0.25, 0.3) is 21.5 Å². The van der Waals surface area contributed by atoms with Crippen LogP contribution in [-0.2, 0) is 5.60 Å². The number of H-pyrrole nitrogens is 1. The van der Waals surface area contributed by atoms with Crippen molar-refractivity contribution in [2.75, 3.05) is 10.6 Å². The molecular formula is C25H31N5OS. The number of aliphatic hydroxyl groups is 1. The molecule has 3 heterocycles. The minimum Gasteiger partial charge on any atom is -0.386 e. The predicted octanol–water partition coefficient (Wildman–Crippen LogP) is 6.60. The van der Waals surface area contributed by atoms with Gasteiger partial charge in [0.1, 0.15) is 5.82 Å². The zero-order valence-electron chi connectivity index (χ0n) is 19.4. The Morgan fingerprint density at radius 2 is 1.84 bits per heavy atom. The summed E-state index contributed by atoms with van der Waals surface area (Å²) < 4.78 is 1.14. The SMILES string of the molecule is CC(C)Nc1cc(Nc2ccc3ncsc3c2)ncc1-c1cc(C(C)(C)O)c(C(C)C)[nH]1. The number of fused-ring (bicyclic) bond motifs is 1. The molecule has 7 heteroatoms. The van der Waals surface area contributed by atoms with Gasteiger partial charge in [-0.2, -0.15) is 0 Å². The Morgan fingerprint density at radius 1 is 1.06 bits per heavy atom. The van der Waals surface area contributed by atoms with E-state index >= 15 is 0 Å². The number of anilines is 3. The van der Waals surface area contributed by atoms with Crippen LogP contribution < -0.4 is 10.6 Å². The first-order valence-corrected chi connectivity index (χ1v) is 11.8. The van der Waals surface area contributed by atoms with Gasteiger partial charge in [-0.3, -0.25) is 0 Å². The fourth-order valence-electron chi connectivity index (χ4n) is 3.83. The third kappa shape index (κ3) is 4.64. The second kappa shape index (κ2) is 8.56. The smallest absolute Gasteiger partial charge is 0.132 e. The molecule has 0 saturated carbocycles. The molecule has 0 amide bonds. The summed E-state index contributed by atoms with van der Waals surface area (Å²) in [5.41, 5.74) is 7.76. The highest BCUT2D eigenvalue weighted by atomic mass is 32.1. The summed E-state index contributed by atoms with van der Waals surface area (Å²) in [6.07, 6.45) is 1.88. The summed E-state index contributed by atoms with van der Waals surface area (Å²) in [7, 11) is 0. The number of aromatic amines is 1. The number of rotatable bonds is 7. The van der Waals surface area contributed by atoms with E-state index in [-0.39, 0.29) is 12.0 Å². The standard InChI is InChI=1S/C25H31N5OS/c1-14(2)24-18(25(5,6)31)10-20(30-24)17-12-26-23(11-21(17)28-15(3)4)29-16-7-8-19-22(9-16)32-13-27-19/h7-15,30-31H,1-6H3,(H2,26,28,29). The topological polar surface area (TPSA) is 85.9 Å². The van der Waals surface area contributed by atoms with Crippen LogP contribution in [0.15, 0.2) is 42.0 Å². The largest absolute Gasteiger partial charge is 0.386 e. The maximum Gasteiger partial charge on any atom is 0.132 e. The number of nitrogens with one attached hydrogen (secondary N) is 3. The minimum absolute atomic E-state index is 0.255. The molecule has 0 aliphatic heterocycles. The van der Waals surface area contributed by atoms with Crippen molar-refractivity contribution >= 4 is 38.7 Å². The number of aromatic nitrogens is 3. The van der Waals surface area contributed by atoms with E-state index in [1.807, 2.05) is 49.8 Å². The lowest BCUT2D eigenvalue weighted by molar-refractivity contribution is 0.0775. The first-order chi connectivity index (χ1) is 15.1. The molecular weight excluding hydrogens is 418 g/mol. The van der Waals surface area contributed by atoms with Gasteiger partial charge in [0.15, 0.2) is 0 Å². The van der Waals surface area contributed by atoms with Crippen LogP contribution in [0, 0.1) is 0 Å². The number of pyridine rings is 1. The van der Waals surface area contributed by atoms with Gasteiger partial charge < -0.3 is 20.7 Å². The van der Waals surface area contributed by atoms with Gasteiger partial charge in [-0.05, 0) is 57.9 Å². The normalized spacial score (nSPS) is 12.2. The van der Waals surface area contributed by atoms with E-state index in [0.29, 0.717) is 0 Å². The molecule has 0 atom stereocenters. The monoisotopic (exact) mass is 449 g/mol. The first-order valence-electron chi connectivity index (χ1n) is 10.9. The molecule has 168 valence electrons. The number of benzene rings is 1. The van der Waals surface area contributed by atoms with Crippen LogP contribution in [0.5, 0.6) is 0 Å². The van der Waals surface area contributed by atoms with Crippen molar-refractivity contribution in [3.8, 4) is 11.3 Å². The molecule has 6 nitrogen and oxygen atoms in total. The second-order valence-corrected chi connectivity index (χ2v) is 10.2. The summed E-state index contributed by atoms with van der Waals surface area (Å²) in [6.45, 7) is 12.1. The Bertz CT molecular complexity index is 1230. The molecule has 0 aliphatic rings. The molecule has 0 saturated heterocycles. The van der Waals surface area contributed by atoms with Crippen LogP contribution in [0.1, 0.15) is 58.7 Å². The number of hydrogen-bond acceptors (Lipinski definition) is 6. The van der Waals surface area contributed by atoms with E-state index in [2.05, 4.69) is 59.3 Å². The molecule has 0 unspecified atom stereocenters. The molecule has 3 aromatic heterocycles. The van der Waals surface area contributed by atoms with Crippen LogP contribution in [0.2, 0.25) is 0 Å². The van der Waals surface area contributed by atoms with Crippen LogP contribution in [0.3, 0.4) is 0 Å². The Kier molecular flexibility index (Phi) is 5.97. The molecule has 0 radical (unpaired) electrons. The quantitative estimate of drug-likeness (QED) is 0.255. The van der Waals surface area contributed by atoms with Crippen molar-refractivity contribution < 1.29 is 5.11 Å². The second-order valence-electron chi connectivity index (χ2n) is 9.30. The zero-order chi connectivity index (χ0) is 23.0. The molecule has 4 aromatic rings. The van der Waals surface area contributed by atoms with Crippen molar-refractivity contribution in [2.24, 2.45) is 0 Å². The van der Waals surface area contributed by atoms with E-state index in [4.69, 9.17) is 0 Å². The summed E-state index contributed by atoms with van der Waals surface area (Å²) >= 11 is 1.62. The number of thiazole rings is 1. The van der Waals surface area contributed by atoms with Crippen molar-refractivity contribution in [1.29, 1.82) is 0 Å². The van der Waals surface area contributed by atoms with Crippen LogP contribution in [-0.4, -0.2) is 26.1 Å². The lowest BCUT2D eigenvalue weighted by atomic mass is 9.93. The van der Waals surface area contributed by atoms with Gasteiger partial charge in [-0.15, -0.1) is 11.3 Å². The first kappa shape index (κ1) is 22.3. The molecule has 4 N–H and O–H groups in total. The highest BCUT2D eigenvalue weighted by molar-refractivity contribution is 7.16. The van der Waals surface area contributed by atoms with E-state index in [1.165, 1.54) is 0 Å². The Balaban J connectivity index is 1.73. The zero-order valence-corrected chi connectivity index (χ0v) is 20.3. The molecule has 0 aliphatic carbocycles. The van der Waals surface area contributed by atoms with Gasteiger partial charge in [0.2, 0.25) is 0 Å². The fourth-order valence-corrected chi connectivity index (χ4v) is 4.54. The lowest BCUT2D eigenvalue weighted by Gasteiger charge is -2.19. The highest BCUT2D eigenvalue weighted by Gasteiger charge is 2.25. The van der Waals surface area contributed by atoms with Crippen molar-refractivity contribution in [3.63, 3.8) is 0 Å². The van der Waals surface area contributed by atoms with E-state index in [1.54, 1.807) is 11.3 Å². The van der Waals surface area contributed by atoms with Gasteiger partial charge in [-0.25, -0.2) is 9.97 Å². The van der Waals surface area contributed by atoms with Gasteiger partial charge in [-0.1, -0.05) is 13.8 Å². The summed E-state index contributed by atoms with van der Waals surface area (Å²) in [5.74, 6) is 1.03. The average Bonchev–Trinajstić information content (AvgIpc) is 3.34. The minimum atomic E-state index is -0.926. The Hall–Kier alpha value is -2.90. The summed E-state index contributed by atoms with van der Waals surface area (Å²) in [5, 5.41) is 17.7. The van der Waals surface area contributed by atoms with Crippen LogP contribution >= 0.6 is 11.3 Å². The van der Waals surface area contributed by atoms with E-state index in [0.717, 1.165) is 49.9 Å².